The van der Waals surface area contributed by atoms with E-state index in [0.717, 1.165) is 11.1 Å². The molecule has 0 spiro atoms. The van der Waals surface area contributed by atoms with Crippen LogP contribution in [0.25, 0.3) is 0 Å². The van der Waals surface area contributed by atoms with E-state index >= 15 is 0 Å². The Bertz CT molecular complexity index is 970. The number of anilines is 1. The van der Waals surface area contributed by atoms with Crippen molar-refractivity contribution in [3.05, 3.63) is 95.0 Å². The van der Waals surface area contributed by atoms with Gasteiger partial charge in [-0.25, -0.2) is 0 Å². The van der Waals surface area contributed by atoms with E-state index in [1.807, 2.05) is 60.7 Å². The highest BCUT2D eigenvalue weighted by Gasteiger charge is 2.26. The molecule has 0 fully saturated rings. The van der Waals surface area contributed by atoms with Gasteiger partial charge in [0.1, 0.15) is 11.8 Å². The predicted molar refractivity (Wildman–Crippen MR) is 119 cm³/mol. The Kier molecular flexibility index (Phi) is 7.09. The van der Waals surface area contributed by atoms with Crippen LogP contribution >= 0.6 is 11.6 Å². The first-order chi connectivity index (χ1) is 14.5. The first-order valence-corrected chi connectivity index (χ1v) is 9.92. The number of ether oxygens (including phenoxy) is 1. The quantitative estimate of drug-likeness (QED) is 0.583. The van der Waals surface area contributed by atoms with Crippen molar-refractivity contribution < 1.29 is 14.3 Å². The van der Waals surface area contributed by atoms with Crippen LogP contribution in [0.15, 0.2) is 78.9 Å². The molecule has 3 aromatic rings. The van der Waals surface area contributed by atoms with E-state index in [1.165, 1.54) is 7.11 Å². The summed E-state index contributed by atoms with van der Waals surface area (Å²) in [6.07, 6.45) is 0. The minimum absolute atomic E-state index is 0.256. The molecule has 0 saturated carbocycles. The molecule has 30 heavy (non-hydrogen) atoms. The number of rotatable bonds is 7. The van der Waals surface area contributed by atoms with E-state index < -0.39 is 12.0 Å². The van der Waals surface area contributed by atoms with Crippen LogP contribution in [0.3, 0.4) is 0 Å². The molecule has 0 unspecified atom stereocenters. The Morgan fingerprint density at radius 1 is 0.867 bits per heavy atom. The number of carbonyl (C=O) groups is 2. The highest BCUT2D eigenvalue weighted by Crippen LogP contribution is 2.28. The summed E-state index contributed by atoms with van der Waals surface area (Å²) in [5.74, 6) is -0.669. The molecule has 154 valence electrons. The average Bonchev–Trinajstić information content (AvgIpc) is 2.75. The van der Waals surface area contributed by atoms with E-state index in [-0.39, 0.29) is 11.8 Å². The lowest BCUT2D eigenvalue weighted by molar-refractivity contribution is -0.126. The lowest BCUT2D eigenvalue weighted by Gasteiger charge is -2.21. The van der Waals surface area contributed by atoms with Gasteiger partial charge in [-0.05, 0) is 36.2 Å². The number of nitrogens with one attached hydrogen (secondary N) is 2. The third kappa shape index (κ3) is 5.19. The molecule has 0 aliphatic carbocycles. The van der Waals surface area contributed by atoms with Crippen molar-refractivity contribution >= 4 is 29.1 Å². The number of amides is 2. The maximum Gasteiger partial charge on any atom is 0.246 e. The second-order valence-electron chi connectivity index (χ2n) is 6.82. The van der Waals surface area contributed by atoms with Crippen LogP contribution in [0, 0.1) is 0 Å². The number of methoxy groups -OCH3 is 1. The molecule has 0 radical (unpaired) electrons. The van der Waals surface area contributed by atoms with Gasteiger partial charge in [0.25, 0.3) is 0 Å². The number of hydrogen-bond donors (Lipinski definition) is 2. The lowest BCUT2D eigenvalue weighted by atomic mass is 9.90. The highest BCUT2D eigenvalue weighted by atomic mass is 35.5. The normalized spacial score (nSPS) is 11.6. The summed E-state index contributed by atoms with van der Waals surface area (Å²) in [7, 11) is 1.51. The first-order valence-electron chi connectivity index (χ1n) is 9.54. The van der Waals surface area contributed by atoms with E-state index in [1.54, 1.807) is 25.1 Å². The van der Waals surface area contributed by atoms with Gasteiger partial charge in [-0.2, -0.15) is 0 Å². The lowest BCUT2D eigenvalue weighted by Crippen LogP contribution is -2.43. The van der Waals surface area contributed by atoms with Gasteiger partial charge in [-0.15, -0.1) is 0 Å². The SMILES string of the molecule is COc1ccc(Cl)cc1NC(=O)[C@H](C)NC(=O)C(c1ccccc1)c1ccccc1. The van der Waals surface area contributed by atoms with Crippen LogP contribution in [0.4, 0.5) is 5.69 Å². The largest absolute Gasteiger partial charge is 0.495 e. The molecule has 1 atom stereocenters. The van der Waals surface area contributed by atoms with Gasteiger partial charge >= 0.3 is 0 Å². The summed E-state index contributed by atoms with van der Waals surface area (Å²) in [5.41, 5.74) is 2.15. The van der Waals surface area contributed by atoms with Crippen molar-refractivity contribution in [3.8, 4) is 5.75 Å². The fourth-order valence-electron chi connectivity index (χ4n) is 3.17. The van der Waals surface area contributed by atoms with E-state index in [9.17, 15) is 9.59 Å². The standard InChI is InChI=1S/C24H23ClN2O3/c1-16(23(28)27-20-15-19(25)13-14-21(20)30-2)26-24(29)22(17-9-5-3-6-10-17)18-11-7-4-8-12-18/h3-16,22H,1-2H3,(H,26,29)(H,27,28)/t16-/m0/s1. The average molecular weight is 423 g/mol. The summed E-state index contributed by atoms with van der Waals surface area (Å²) in [6.45, 7) is 1.64. The molecule has 3 rings (SSSR count). The second kappa shape index (κ2) is 9.94. The molecule has 0 aliphatic heterocycles. The summed E-state index contributed by atoms with van der Waals surface area (Å²) >= 11 is 6.02. The molecular formula is C24H23ClN2O3. The third-order valence-electron chi connectivity index (χ3n) is 4.70. The van der Waals surface area contributed by atoms with Gasteiger partial charge in [-0.3, -0.25) is 9.59 Å². The van der Waals surface area contributed by atoms with Crippen LogP contribution in [0.1, 0.15) is 24.0 Å². The van der Waals surface area contributed by atoms with E-state index in [0.29, 0.717) is 16.5 Å². The van der Waals surface area contributed by atoms with Gasteiger partial charge in [0.15, 0.2) is 0 Å². The second-order valence-corrected chi connectivity index (χ2v) is 7.25. The van der Waals surface area contributed by atoms with Crippen LogP contribution in [0.5, 0.6) is 5.75 Å². The third-order valence-corrected chi connectivity index (χ3v) is 4.93. The van der Waals surface area contributed by atoms with Crippen molar-refractivity contribution in [1.29, 1.82) is 0 Å². The maximum atomic E-state index is 13.2. The maximum absolute atomic E-state index is 13.2. The molecular weight excluding hydrogens is 400 g/mol. The van der Waals surface area contributed by atoms with Crippen molar-refractivity contribution in [3.63, 3.8) is 0 Å². The van der Waals surface area contributed by atoms with Crippen molar-refractivity contribution in [1.82, 2.24) is 5.32 Å². The summed E-state index contributed by atoms with van der Waals surface area (Å²) < 4.78 is 5.26. The van der Waals surface area contributed by atoms with Gasteiger partial charge in [-0.1, -0.05) is 72.3 Å². The molecule has 2 amide bonds. The van der Waals surface area contributed by atoms with E-state index in [2.05, 4.69) is 10.6 Å². The fourth-order valence-corrected chi connectivity index (χ4v) is 3.34. The highest BCUT2D eigenvalue weighted by molar-refractivity contribution is 6.31. The monoisotopic (exact) mass is 422 g/mol. The Hall–Kier alpha value is -3.31. The Morgan fingerprint density at radius 3 is 1.97 bits per heavy atom. The number of hydrogen-bond acceptors (Lipinski definition) is 3. The van der Waals surface area contributed by atoms with Gasteiger partial charge in [0.05, 0.1) is 18.7 Å². The van der Waals surface area contributed by atoms with E-state index in [4.69, 9.17) is 16.3 Å². The Morgan fingerprint density at radius 2 is 1.43 bits per heavy atom. The molecule has 6 heteroatoms. The molecule has 0 heterocycles. The molecule has 0 aromatic heterocycles. The zero-order valence-corrected chi connectivity index (χ0v) is 17.5. The van der Waals surface area contributed by atoms with Gasteiger partial charge in [0, 0.05) is 5.02 Å². The first kappa shape index (κ1) is 21.4. The minimum Gasteiger partial charge on any atom is -0.495 e. The van der Waals surface area contributed by atoms with Gasteiger partial charge < -0.3 is 15.4 Å². The Balaban J connectivity index is 1.77. The number of benzene rings is 3. The van der Waals surface area contributed by atoms with Crippen LogP contribution < -0.4 is 15.4 Å². The minimum atomic E-state index is -0.767. The van der Waals surface area contributed by atoms with Crippen LogP contribution in [0.2, 0.25) is 5.02 Å². The number of carbonyl (C=O) groups excluding carboxylic acids is 2. The van der Waals surface area contributed by atoms with Crippen LogP contribution in [-0.4, -0.2) is 25.0 Å². The van der Waals surface area contributed by atoms with Crippen molar-refractivity contribution in [2.75, 3.05) is 12.4 Å². The zero-order chi connectivity index (χ0) is 21.5. The molecule has 0 aliphatic rings. The van der Waals surface area contributed by atoms with Crippen LogP contribution in [-0.2, 0) is 9.59 Å². The predicted octanol–water partition coefficient (Wildman–Crippen LogP) is 4.62. The zero-order valence-electron chi connectivity index (χ0n) is 16.8. The summed E-state index contributed by atoms with van der Waals surface area (Å²) in [4.78, 5) is 25.9. The molecule has 0 bridgehead atoms. The molecule has 2 N–H and O–H groups in total. The Labute approximate surface area is 181 Å². The fraction of sp³-hybridized carbons (Fsp3) is 0.167. The topological polar surface area (TPSA) is 67.4 Å². The molecule has 3 aromatic carbocycles. The molecule has 5 nitrogen and oxygen atoms in total. The van der Waals surface area contributed by atoms with Gasteiger partial charge in [0.2, 0.25) is 11.8 Å². The van der Waals surface area contributed by atoms with Crippen molar-refractivity contribution in [2.24, 2.45) is 0 Å². The smallest absolute Gasteiger partial charge is 0.246 e. The van der Waals surface area contributed by atoms with Crippen molar-refractivity contribution in [2.45, 2.75) is 18.9 Å². The molecule has 0 saturated heterocycles. The summed E-state index contributed by atoms with van der Waals surface area (Å²) in [6, 6.07) is 23.1. The summed E-state index contributed by atoms with van der Waals surface area (Å²) in [5, 5.41) is 6.06. The number of halogens is 1.